The lowest BCUT2D eigenvalue weighted by Gasteiger charge is -2.20. The maximum Gasteiger partial charge on any atom is 0.191 e. The maximum absolute atomic E-state index is 13.4. The number of nitrogens with one attached hydrogen (secondary N) is 2. The van der Waals surface area contributed by atoms with Crippen LogP contribution < -0.4 is 29.6 Å². The third-order valence-corrected chi connectivity index (χ3v) is 4.51. The Morgan fingerprint density at radius 2 is 1.68 bits per heavy atom. The molecule has 0 radical (unpaired) electrons. The molecule has 0 bridgehead atoms. The van der Waals surface area contributed by atoms with E-state index in [9.17, 15) is 4.39 Å². The van der Waals surface area contributed by atoms with Gasteiger partial charge in [-0.05, 0) is 24.6 Å². The highest BCUT2D eigenvalue weighted by Gasteiger charge is 2.13. The standard InChI is InChI=1S/C22H30FN3O4.HI/c1-6-17(30-18-9-7-8-16(23)11-18)14-26-22(24-2)25-13-15-10-20(28-4)21(29-5)12-19(15)27-3;/h7-12,17H,6,13-14H2,1-5H3,(H2,24,25,26);1H. The van der Waals surface area contributed by atoms with Gasteiger partial charge in [0, 0.05) is 31.3 Å². The molecule has 0 aromatic heterocycles. The van der Waals surface area contributed by atoms with Crippen LogP contribution in [0.2, 0.25) is 0 Å². The SMILES string of the molecule is CCC(CNC(=NC)NCc1cc(OC)c(OC)cc1OC)Oc1cccc(F)c1.I. The number of halogens is 2. The molecule has 1 unspecified atom stereocenters. The first kappa shape index (κ1) is 26.6. The van der Waals surface area contributed by atoms with E-state index in [4.69, 9.17) is 18.9 Å². The van der Waals surface area contributed by atoms with Crippen molar-refractivity contribution in [2.45, 2.75) is 26.0 Å². The number of hydrogen-bond donors (Lipinski definition) is 2. The predicted octanol–water partition coefficient (Wildman–Crippen LogP) is 3.99. The van der Waals surface area contributed by atoms with Crippen LogP contribution in [0.5, 0.6) is 23.0 Å². The lowest BCUT2D eigenvalue weighted by atomic mass is 10.1. The first-order chi connectivity index (χ1) is 14.5. The van der Waals surface area contributed by atoms with Crippen molar-refractivity contribution >= 4 is 29.9 Å². The second-order valence-corrected chi connectivity index (χ2v) is 6.43. The molecule has 0 saturated carbocycles. The van der Waals surface area contributed by atoms with Gasteiger partial charge in [-0.25, -0.2) is 4.39 Å². The largest absolute Gasteiger partial charge is 0.496 e. The maximum atomic E-state index is 13.4. The second-order valence-electron chi connectivity index (χ2n) is 6.43. The van der Waals surface area contributed by atoms with E-state index in [1.165, 1.54) is 12.1 Å². The van der Waals surface area contributed by atoms with Gasteiger partial charge in [0.15, 0.2) is 17.5 Å². The molecular weight excluding hydrogens is 516 g/mol. The van der Waals surface area contributed by atoms with Crippen LogP contribution in [0, 0.1) is 5.82 Å². The minimum Gasteiger partial charge on any atom is -0.496 e. The zero-order valence-electron chi connectivity index (χ0n) is 18.5. The fourth-order valence-corrected chi connectivity index (χ4v) is 2.84. The molecule has 0 aliphatic carbocycles. The first-order valence-electron chi connectivity index (χ1n) is 9.70. The lowest BCUT2D eigenvalue weighted by Crippen LogP contribution is -2.42. The summed E-state index contributed by atoms with van der Waals surface area (Å²) in [6.07, 6.45) is 0.616. The van der Waals surface area contributed by atoms with E-state index in [-0.39, 0.29) is 35.9 Å². The van der Waals surface area contributed by atoms with Gasteiger partial charge in [0.05, 0.1) is 27.9 Å². The molecule has 0 amide bonds. The third kappa shape index (κ3) is 7.97. The van der Waals surface area contributed by atoms with E-state index < -0.39 is 0 Å². The Bertz CT molecular complexity index is 852. The Labute approximate surface area is 200 Å². The van der Waals surface area contributed by atoms with Crippen molar-refractivity contribution in [3.05, 3.63) is 47.8 Å². The summed E-state index contributed by atoms with van der Waals surface area (Å²) in [6.45, 7) is 2.98. The average Bonchev–Trinajstić information content (AvgIpc) is 2.77. The number of methoxy groups -OCH3 is 3. The van der Waals surface area contributed by atoms with E-state index in [0.29, 0.717) is 42.0 Å². The fraction of sp³-hybridized carbons (Fsp3) is 0.409. The molecule has 0 aliphatic rings. The molecule has 172 valence electrons. The van der Waals surface area contributed by atoms with E-state index in [0.717, 1.165) is 12.0 Å². The number of rotatable bonds is 10. The molecule has 2 aromatic rings. The number of benzene rings is 2. The van der Waals surface area contributed by atoms with Crippen LogP contribution >= 0.6 is 24.0 Å². The van der Waals surface area contributed by atoms with E-state index in [1.54, 1.807) is 46.6 Å². The van der Waals surface area contributed by atoms with Gasteiger partial charge < -0.3 is 29.6 Å². The third-order valence-electron chi connectivity index (χ3n) is 4.51. The molecule has 0 spiro atoms. The molecule has 0 heterocycles. The van der Waals surface area contributed by atoms with E-state index >= 15 is 0 Å². The van der Waals surface area contributed by atoms with Crippen LogP contribution in [0.3, 0.4) is 0 Å². The van der Waals surface area contributed by atoms with E-state index in [1.807, 2.05) is 13.0 Å². The molecule has 2 aromatic carbocycles. The Morgan fingerprint density at radius 3 is 2.26 bits per heavy atom. The fourth-order valence-electron chi connectivity index (χ4n) is 2.84. The monoisotopic (exact) mass is 547 g/mol. The van der Waals surface area contributed by atoms with Gasteiger partial charge in [-0.3, -0.25) is 4.99 Å². The molecule has 0 saturated heterocycles. The number of aliphatic imine (C=N–C) groups is 1. The molecule has 2 N–H and O–H groups in total. The predicted molar refractivity (Wildman–Crippen MR) is 131 cm³/mol. The number of ether oxygens (including phenoxy) is 4. The summed E-state index contributed by atoms with van der Waals surface area (Å²) < 4.78 is 35.4. The minimum absolute atomic E-state index is 0. The van der Waals surface area contributed by atoms with Crippen molar-refractivity contribution < 1.29 is 23.3 Å². The smallest absolute Gasteiger partial charge is 0.191 e. The number of nitrogens with zero attached hydrogens (tertiary/aromatic N) is 1. The summed E-state index contributed by atoms with van der Waals surface area (Å²) in [4.78, 5) is 4.24. The van der Waals surface area contributed by atoms with Gasteiger partial charge in [-0.1, -0.05) is 13.0 Å². The van der Waals surface area contributed by atoms with Crippen molar-refractivity contribution in [2.75, 3.05) is 34.9 Å². The van der Waals surface area contributed by atoms with Gasteiger partial charge in [0.25, 0.3) is 0 Å². The van der Waals surface area contributed by atoms with Gasteiger partial charge in [0.2, 0.25) is 0 Å². The van der Waals surface area contributed by atoms with Crippen LogP contribution in [0.1, 0.15) is 18.9 Å². The van der Waals surface area contributed by atoms with Gasteiger partial charge >= 0.3 is 0 Å². The Balaban J connectivity index is 0.00000480. The summed E-state index contributed by atoms with van der Waals surface area (Å²) in [5.41, 5.74) is 0.890. The zero-order valence-corrected chi connectivity index (χ0v) is 20.9. The summed E-state index contributed by atoms with van der Waals surface area (Å²) >= 11 is 0. The van der Waals surface area contributed by atoms with Crippen LogP contribution in [-0.4, -0.2) is 47.0 Å². The van der Waals surface area contributed by atoms with Crippen molar-refractivity contribution in [2.24, 2.45) is 4.99 Å². The molecular formula is C22H31FIN3O4. The Kier molecular flexibility index (Phi) is 11.8. The van der Waals surface area contributed by atoms with Crippen LogP contribution in [0.15, 0.2) is 41.4 Å². The lowest BCUT2D eigenvalue weighted by molar-refractivity contribution is 0.198. The Morgan fingerprint density at radius 1 is 1.00 bits per heavy atom. The average molecular weight is 547 g/mol. The van der Waals surface area contributed by atoms with Crippen molar-refractivity contribution in [1.29, 1.82) is 0 Å². The zero-order chi connectivity index (χ0) is 21.9. The molecule has 0 fully saturated rings. The summed E-state index contributed by atoms with van der Waals surface area (Å²) in [5.74, 6) is 2.68. The highest BCUT2D eigenvalue weighted by Crippen LogP contribution is 2.34. The van der Waals surface area contributed by atoms with Gasteiger partial charge in [0.1, 0.15) is 23.4 Å². The quantitative estimate of drug-likeness (QED) is 0.266. The molecule has 2 rings (SSSR count). The molecule has 0 aliphatic heterocycles. The second kappa shape index (κ2) is 13.8. The first-order valence-corrected chi connectivity index (χ1v) is 9.70. The number of guanidine groups is 1. The van der Waals surface area contributed by atoms with Crippen LogP contribution in [0.4, 0.5) is 4.39 Å². The molecule has 7 nitrogen and oxygen atoms in total. The molecule has 9 heteroatoms. The van der Waals surface area contributed by atoms with Gasteiger partial charge in [-0.2, -0.15) is 0 Å². The minimum atomic E-state index is -0.323. The van der Waals surface area contributed by atoms with Crippen molar-refractivity contribution in [3.63, 3.8) is 0 Å². The number of hydrogen-bond acceptors (Lipinski definition) is 5. The van der Waals surface area contributed by atoms with Crippen LogP contribution in [-0.2, 0) is 6.54 Å². The van der Waals surface area contributed by atoms with Gasteiger partial charge in [-0.15, -0.1) is 24.0 Å². The highest BCUT2D eigenvalue weighted by molar-refractivity contribution is 14.0. The summed E-state index contributed by atoms with van der Waals surface area (Å²) in [7, 11) is 6.46. The summed E-state index contributed by atoms with van der Waals surface area (Å²) in [6, 6.07) is 9.77. The topological polar surface area (TPSA) is 73.3 Å². The Hall–Kier alpha value is -2.43. The molecule has 31 heavy (non-hydrogen) atoms. The van der Waals surface area contributed by atoms with Crippen molar-refractivity contribution in [3.8, 4) is 23.0 Å². The normalized spacial score (nSPS) is 11.7. The van der Waals surface area contributed by atoms with E-state index in [2.05, 4.69) is 15.6 Å². The molecule has 1 atom stereocenters. The summed E-state index contributed by atoms with van der Waals surface area (Å²) in [5, 5.41) is 6.49. The van der Waals surface area contributed by atoms with Crippen molar-refractivity contribution in [1.82, 2.24) is 10.6 Å². The highest BCUT2D eigenvalue weighted by atomic mass is 127. The van der Waals surface area contributed by atoms with Crippen LogP contribution in [0.25, 0.3) is 0 Å².